The molecule has 0 aliphatic carbocycles. The van der Waals surface area contributed by atoms with Gasteiger partial charge < -0.3 is 15.5 Å². The Bertz CT molecular complexity index is 884. The van der Waals surface area contributed by atoms with Gasteiger partial charge in [0, 0.05) is 37.2 Å². The van der Waals surface area contributed by atoms with Crippen LogP contribution < -0.4 is 10.6 Å². The first-order chi connectivity index (χ1) is 13.3. The molecule has 28 heavy (non-hydrogen) atoms. The minimum absolute atomic E-state index is 0.159. The SMILES string of the molecule is Cc1nc(C(=O)N(C)C)ccc1C(=O)NCCCNC(=O)c1cccc(Br)c1. The Labute approximate surface area is 172 Å². The van der Waals surface area contributed by atoms with Gasteiger partial charge in [-0.15, -0.1) is 0 Å². The number of aryl methyl sites for hydroxylation is 1. The fraction of sp³-hybridized carbons (Fsp3) is 0.300. The smallest absolute Gasteiger partial charge is 0.271 e. The van der Waals surface area contributed by atoms with E-state index in [2.05, 4.69) is 31.5 Å². The van der Waals surface area contributed by atoms with Gasteiger partial charge in [0.05, 0.1) is 11.3 Å². The fourth-order valence-corrected chi connectivity index (χ4v) is 2.87. The number of hydrogen-bond acceptors (Lipinski definition) is 4. The maximum atomic E-state index is 12.3. The van der Waals surface area contributed by atoms with Crippen LogP contribution in [0.3, 0.4) is 0 Å². The third-order valence-electron chi connectivity index (χ3n) is 3.97. The molecule has 0 radical (unpaired) electrons. The maximum Gasteiger partial charge on any atom is 0.271 e. The molecular weight excluding hydrogens is 424 g/mol. The summed E-state index contributed by atoms with van der Waals surface area (Å²) in [6.07, 6.45) is 0.592. The Morgan fingerprint density at radius 1 is 1.04 bits per heavy atom. The van der Waals surface area contributed by atoms with E-state index >= 15 is 0 Å². The number of nitrogens with zero attached hydrogens (tertiary/aromatic N) is 2. The molecule has 0 aliphatic rings. The van der Waals surface area contributed by atoms with Gasteiger partial charge in [0.15, 0.2) is 0 Å². The summed E-state index contributed by atoms with van der Waals surface area (Å²) in [5, 5.41) is 5.62. The van der Waals surface area contributed by atoms with E-state index in [9.17, 15) is 14.4 Å². The van der Waals surface area contributed by atoms with Crippen LogP contribution in [0.2, 0.25) is 0 Å². The molecule has 1 heterocycles. The molecule has 148 valence electrons. The molecule has 2 N–H and O–H groups in total. The Kier molecular flexibility index (Phi) is 7.69. The summed E-state index contributed by atoms with van der Waals surface area (Å²) in [5.41, 5.74) is 1.79. The van der Waals surface area contributed by atoms with E-state index in [4.69, 9.17) is 0 Å². The molecule has 1 aromatic carbocycles. The van der Waals surface area contributed by atoms with Crippen molar-refractivity contribution in [3.63, 3.8) is 0 Å². The van der Waals surface area contributed by atoms with E-state index in [0.717, 1.165) is 4.47 Å². The average Bonchev–Trinajstić information content (AvgIpc) is 2.66. The summed E-state index contributed by atoms with van der Waals surface area (Å²) in [6.45, 7) is 2.55. The van der Waals surface area contributed by atoms with E-state index in [1.54, 1.807) is 51.4 Å². The normalized spacial score (nSPS) is 10.3. The van der Waals surface area contributed by atoms with Crippen LogP contribution in [-0.2, 0) is 0 Å². The van der Waals surface area contributed by atoms with Crippen molar-refractivity contribution in [2.75, 3.05) is 27.2 Å². The quantitative estimate of drug-likeness (QED) is 0.638. The van der Waals surface area contributed by atoms with Crippen molar-refractivity contribution < 1.29 is 14.4 Å². The molecule has 0 saturated carbocycles. The predicted molar refractivity (Wildman–Crippen MR) is 110 cm³/mol. The number of benzene rings is 1. The van der Waals surface area contributed by atoms with E-state index in [0.29, 0.717) is 42.0 Å². The lowest BCUT2D eigenvalue weighted by Gasteiger charge is -2.12. The number of halogens is 1. The topological polar surface area (TPSA) is 91.4 Å². The van der Waals surface area contributed by atoms with Crippen LogP contribution >= 0.6 is 15.9 Å². The van der Waals surface area contributed by atoms with Crippen LogP contribution in [0.25, 0.3) is 0 Å². The molecule has 3 amide bonds. The van der Waals surface area contributed by atoms with Gasteiger partial charge in [0.1, 0.15) is 5.69 Å². The second kappa shape index (κ2) is 9.98. The highest BCUT2D eigenvalue weighted by molar-refractivity contribution is 9.10. The zero-order valence-corrected chi connectivity index (χ0v) is 17.7. The molecular formula is C20H23BrN4O3. The summed E-state index contributed by atoms with van der Waals surface area (Å²) >= 11 is 3.33. The Morgan fingerprint density at radius 3 is 2.32 bits per heavy atom. The van der Waals surface area contributed by atoms with Crippen molar-refractivity contribution in [1.29, 1.82) is 0 Å². The van der Waals surface area contributed by atoms with Crippen molar-refractivity contribution in [2.24, 2.45) is 0 Å². The average molecular weight is 447 g/mol. The number of amides is 3. The zero-order chi connectivity index (χ0) is 20.7. The van der Waals surface area contributed by atoms with E-state index in [1.807, 2.05) is 6.07 Å². The molecule has 0 bridgehead atoms. The van der Waals surface area contributed by atoms with Gasteiger partial charge in [-0.1, -0.05) is 22.0 Å². The van der Waals surface area contributed by atoms with Gasteiger partial charge in [0.25, 0.3) is 17.7 Å². The van der Waals surface area contributed by atoms with Crippen molar-refractivity contribution in [1.82, 2.24) is 20.5 Å². The highest BCUT2D eigenvalue weighted by atomic mass is 79.9. The molecule has 2 rings (SSSR count). The molecule has 0 saturated heterocycles. The minimum Gasteiger partial charge on any atom is -0.352 e. The van der Waals surface area contributed by atoms with Gasteiger partial charge >= 0.3 is 0 Å². The van der Waals surface area contributed by atoms with E-state index in [-0.39, 0.29) is 17.7 Å². The number of pyridine rings is 1. The van der Waals surface area contributed by atoms with Crippen LogP contribution in [0, 0.1) is 6.92 Å². The lowest BCUT2D eigenvalue weighted by atomic mass is 10.1. The second-order valence-corrected chi connectivity index (χ2v) is 7.32. The van der Waals surface area contributed by atoms with Crippen LogP contribution in [0.4, 0.5) is 0 Å². The lowest BCUT2D eigenvalue weighted by Crippen LogP contribution is -2.30. The van der Waals surface area contributed by atoms with Crippen LogP contribution in [0.5, 0.6) is 0 Å². The van der Waals surface area contributed by atoms with E-state index in [1.165, 1.54) is 4.90 Å². The number of carbonyl (C=O) groups is 3. The first-order valence-electron chi connectivity index (χ1n) is 8.81. The second-order valence-electron chi connectivity index (χ2n) is 6.40. The van der Waals surface area contributed by atoms with Crippen molar-refractivity contribution in [3.8, 4) is 0 Å². The first-order valence-corrected chi connectivity index (χ1v) is 9.60. The third kappa shape index (κ3) is 5.88. The highest BCUT2D eigenvalue weighted by Crippen LogP contribution is 2.11. The molecule has 0 aliphatic heterocycles. The Balaban J connectivity index is 1.79. The molecule has 7 nitrogen and oxygen atoms in total. The van der Waals surface area contributed by atoms with Gasteiger partial charge in [-0.2, -0.15) is 0 Å². The van der Waals surface area contributed by atoms with Crippen molar-refractivity contribution >= 4 is 33.7 Å². The monoisotopic (exact) mass is 446 g/mol. The van der Waals surface area contributed by atoms with Gasteiger partial charge in [-0.3, -0.25) is 14.4 Å². The maximum absolute atomic E-state index is 12.3. The summed E-state index contributed by atoms with van der Waals surface area (Å²) in [7, 11) is 3.30. The van der Waals surface area contributed by atoms with Crippen LogP contribution in [0.15, 0.2) is 40.9 Å². The summed E-state index contributed by atoms with van der Waals surface area (Å²) < 4.78 is 0.842. The summed E-state index contributed by atoms with van der Waals surface area (Å²) in [4.78, 5) is 41.9. The number of rotatable bonds is 7. The largest absolute Gasteiger partial charge is 0.352 e. The molecule has 0 unspecified atom stereocenters. The molecule has 0 fully saturated rings. The summed E-state index contributed by atoms with van der Waals surface area (Å²) in [6, 6.07) is 10.3. The number of hydrogen-bond donors (Lipinski definition) is 2. The third-order valence-corrected chi connectivity index (χ3v) is 4.46. The molecule has 2 aromatic rings. The minimum atomic E-state index is -0.257. The van der Waals surface area contributed by atoms with E-state index < -0.39 is 0 Å². The Morgan fingerprint density at radius 2 is 1.71 bits per heavy atom. The predicted octanol–water partition coefficient (Wildman–Crippen LogP) is 2.40. The molecule has 1 aromatic heterocycles. The molecule has 0 atom stereocenters. The van der Waals surface area contributed by atoms with Crippen LogP contribution in [-0.4, -0.2) is 54.8 Å². The van der Waals surface area contributed by atoms with Gasteiger partial charge in [0.2, 0.25) is 0 Å². The number of nitrogens with one attached hydrogen (secondary N) is 2. The lowest BCUT2D eigenvalue weighted by molar-refractivity contribution is 0.0820. The first kappa shape index (κ1) is 21.6. The molecule has 0 spiro atoms. The zero-order valence-electron chi connectivity index (χ0n) is 16.1. The van der Waals surface area contributed by atoms with Gasteiger partial charge in [-0.25, -0.2) is 4.98 Å². The Hall–Kier alpha value is -2.74. The number of aromatic nitrogens is 1. The number of carbonyl (C=O) groups excluding carboxylic acids is 3. The van der Waals surface area contributed by atoms with Gasteiger partial charge in [-0.05, 0) is 43.7 Å². The van der Waals surface area contributed by atoms with Crippen molar-refractivity contribution in [3.05, 3.63) is 63.4 Å². The van der Waals surface area contributed by atoms with Crippen LogP contribution in [0.1, 0.15) is 43.3 Å². The van der Waals surface area contributed by atoms with Crippen molar-refractivity contribution in [2.45, 2.75) is 13.3 Å². The highest BCUT2D eigenvalue weighted by Gasteiger charge is 2.15. The standard InChI is InChI=1S/C20H23BrN4O3/c1-13-16(8-9-17(24-13)20(28)25(2)3)19(27)23-11-5-10-22-18(26)14-6-4-7-15(21)12-14/h4,6-9,12H,5,10-11H2,1-3H3,(H,22,26)(H,23,27). The molecule has 8 heteroatoms. The summed E-state index contributed by atoms with van der Waals surface area (Å²) in [5.74, 6) is -0.628. The fourth-order valence-electron chi connectivity index (χ4n) is 2.47.